The Morgan fingerprint density at radius 1 is 1.40 bits per heavy atom. The zero-order valence-electron chi connectivity index (χ0n) is 2.77. The van der Waals surface area contributed by atoms with Crippen LogP contribution in [0.15, 0.2) is 0 Å². The minimum Gasteiger partial charge on any atom is -0.352 e. The molecule has 0 unspecified atom stereocenters. The molecule has 0 radical (unpaired) electrons. The van der Waals surface area contributed by atoms with Gasteiger partial charge in [-0.3, -0.25) is 0 Å². The van der Waals surface area contributed by atoms with Crippen LogP contribution in [0.25, 0.3) is 0 Å². The van der Waals surface area contributed by atoms with Crippen LogP contribution < -0.4 is 11.5 Å². The van der Waals surface area contributed by atoms with Gasteiger partial charge >= 0.3 is 6.03 Å². The molecule has 0 aliphatic carbocycles. The monoisotopic (exact) mass is 64.0 g/mol. The Bertz CT molecular complexity index is 32.6. The van der Waals surface area contributed by atoms with Gasteiger partial charge in [0.1, 0.15) is 0 Å². The van der Waals surface area contributed by atoms with Gasteiger partial charge in [-0.1, -0.05) is 0 Å². The van der Waals surface area contributed by atoms with E-state index in [-0.39, 0.29) is 6.15 Å². The fraction of sp³-hybridized carbons (Fsp3) is 0. The van der Waals surface area contributed by atoms with Crippen LogP contribution in [0.2, 0.25) is 0 Å². The smallest absolute Gasteiger partial charge is 0.309 e. The third-order valence-electron chi connectivity index (χ3n) is 0. The van der Waals surface area contributed by atoms with Gasteiger partial charge in [0.05, 0.1) is 0 Å². The predicted molar refractivity (Wildman–Crippen MR) is 13.8 cm³/mol. The quantitative estimate of drug-likeness (QED) is 0.373. The van der Waals surface area contributed by atoms with Gasteiger partial charge in [0.15, 0.2) is 0 Å². The van der Waals surface area contributed by atoms with Crippen LogP contribution in [0.4, 0.5) is 4.79 Å². The molecule has 0 fully saturated rings. The number of primary amides is 2. The number of amides is 2. The van der Waals surface area contributed by atoms with E-state index in [1.54, 1.807) is 0 Å². The van der Waals surface area contributed by atoms with Crippen molar-refractivity contribution in [3.05, 3.63) is 0 Å². The van der Waals surface area contributed by atoms with Gasteiger partial charge in [-0.15, -0.1) is 0 Å². The van der Waals surface area contributed by atoms with Crippen molar-refractivity contribution < 1.29 is 10.9 Å². The van der Waals surface area contributed by atoms with Gasteiger partial charge in [0.25, 0.3) is 0 Å². The Morgan fingerprint density at radius 2 is 1.40 bits per heavy atom. The molecule has 0 aromatic rings. The molecule has 0 saturated heterocycles. The second kappa shape index (κ2) is 3.18. The molecule has 0 aromatic carbocycles. The SMILES string of the molecule is NC(N)=O.[He]. The Balaban J connectivity index is 0. The van der Waals surface area contributed by atoms with E-state index in [0.717, 1.165) is 0 Å². The number of hydrogen-bond acceptors (Lipinski definition) is 1. The van der Waals surface area contributed by atoms with E-state index in [4.69, 9.17) is 4.79 Å². The summed E-state index contributed by atoms with van der Waals surface area (Å²) in [5.41, 5.74) is 8.50. The third kappa shape index (κ3) is 6.56. The summed E-state index contributed by atoms with van der Waals surface area (Å²) in [6.45, 7) is 0. The number of nitrogens with two attached hydrogens (primary N) is 2. The number of carbonyl (C=O) groups is 1. The van der Waals surface area contributed by atoms with Crippen LogP contribution in [0.3, 0.4) is 0 Å². The van der Waals surface area contributed by atoms with Crippen LogP contribution in [0.5, 0.6) is 0 Å². The number of rotatable bonds is 0. The molecule has 4 N–H and O–H groups in total. The first-order valence-electron chi connectivity index (χ1n) is 0.781. The minimum atomic E-state index is -0.833. The fourth-order valence-corrected chi connectivity index (χ4v) is 0. The maximum atomic E-state index is 9.00. The van der Waals surface area contributed by atoms with Crippen molar-refractivity contribution in [2.75, 3.05) is 0 Å². The molecule has 0 spiro atoms. The van der Waals surface area contributed by atoms with E-state index in [1.165, 1.54) is 0 Å². The summed E-state index contributed by atoms with van der Waals surface area (Å²) < 4.78 is 0. The molecule has 5 heavy (non-hydrogen) atoms. The van der Waals surface area contributed by atoms with Crippen LogP contribution in [-0.2, 0) is 0 Å². The molecule has 0 rings (SSSR count). The second-order valence-electron chi connectivity index (χ2n) is 0.402. The van der Waals surface area contributed by atoms with Gasteiger partial charge in [-0.05, 0) is 0 Å². The molecule has 0 aliphatic rings. The molecule has 0 heterocycles. The van der Waals surface area contributed by atoms with E-state index in [2.05, 4.69) is 11.5 Å². The van der Waals surface area contributed by atoms with Crippen molar-refractivity contribution in [1.82, 2.24) is 0 Å². The third-order valence-corrected chi connectivity index (χ3v) is 0. The molecular weight excluding hydrogens is 60.0 g/mol. The van der Waals surface area contributed by atoms with Crippen LogP contribution in [-0.4, -0.2) is 6.03 Å². The van der Waals surface area contributed by atoms with Crippen LogP contribution >= 0.6 is 0 Å². The largest absolute Gasteiger partial charge is 0.352 e. The molecule has 0 aliphatic heterocycles. The molecule has 3 nitrogen and oxygen atoms in total. The predicted octanol–water partition coefficient (Wildman–Crippen LogP) is -0.976. The van der Waals surface area contributed by atoms with E-state index in [9.17, 15) is 0 Å². The molecule has 0 aromatic heterocycles. The van der Waals surface area contributed by atoms with Crippen molar-refractivity contribution >= 4 is 6.03 Å². The van der Waals surface area contributed by atoms with Crippen LogP contribution in [0, 0.1) is 6.15 Å². The molecule has 4 heteroatoms. The standard InChI is InChI=1S/CH4N2O.He/c2-1(3)4;/h(H4,2,3,4);. The maximum absolute atomic E-state index is 9.00. The first-order chi connectivity index (χ1) is 1.73. The summed E-state index contributed by atoms with van der Waals surface area (Å²) in [4.78, 5) is 9.00. The molecule has 0 atom stereocenters. The van der Waals surface area contributed by atoms with Crippen molar-refractivity contribution in [2.24, 2.45) is 11.5 Å². The van der Waals surface area contributed by atoms with Gasteiger partial charge in [0, 0.05) is 6.15 Å². The van der Waals surface area contributed by atoms with Crippen molar-refractivity contribution in [3.8, 4) is 0 Å². The average Bonchev–Trinajstić information content (AvgIpc) is 0.811. The normalized spacial score (nSPS) is 4.80. The fourth-order valence-electron chi connectivity index (χ4n) is 0. The van der Waals surface area contributed by atoms with Crippen molar-refractivity contribution in [1.29, 1.82) is 0 Å². The molecule has 26 valence electrons. The molecular formula is CH4HeN2O. The second-order valence-corrected chi connectivity index (χ2v) is 0.402. The topological polar surface area (TPSA) is 69.1 Å². The summed E-state index contributed by atoms with van der Waals surface area (Å²) in [6.07, 6.45) is 0. The number of carbonyl (C=O) groups excluding carboxylic acids is 1. The summed E-state index contributed by atoms with van der Waals surface area (Å²) in [5.74, 6) is 0. The average molecular weight is 64.1 g/mol. The van der Waals surface area contributed by atoms with E-state index in [0.29, 0.717) is 0 Å². The van der Waals surface area contributed by atoms with Gasteiger partial charge < -0.3 is 11.5 Å². The maximum Gasteiger partial charge on any atom is 0.309 e. The first kappa shape index (κ1) is 8.89. The molecule has 0 saturated carbocycles. The van der Waals surface area contributed by atoms with E-state index < -0.39 is 6.03 Å². The zero-order valence-corrected chi connectivity index (χ0v) is 2.77. The summed E-state index contributed by atoms with van der Waals surface area (Å²) in [7, 11) is 0. The van der Waals surface area contributed by atoms with E-state index in [1.807, 2.05) is 0 Å². The first-order valence-corrected chi connectivity index (χ1v) is 0.781. The van der Waals surface area contributed by atoms with Gasteiger partial charge in [0.2, 0.25) is 0 Å². The molecule has 2 amide bonds. The minimum absolute atomic E-state index is 0. The van der Waals surface area contributed by atoms with Crippen molar-refractivity contribution in [3.63, 3.8) is 0 Å². The Labute approximate surface area is 29.7 Å². The Morgan fingerprint density at radius 3 is 1.40 bits per heavy atom. The summed E-state index contributed by atoms with van der Waals surface area (Å²) in [6, 6.07) is -0.833. The number of urea groups is 1. The van der Waals surface area contributed by atoms with E-state index >= 15 is 0 Å². The number of hydrogen-bond donors (Lipinski definition) is 2. The Kier molecular flexibility index (Phi) is 5.66. The van der Waals surface area contributed by atoms with Gasteiger partial charge in [-0.25, -0.2) is 4.79 Å². The van der Waals surface area contributed by atoms with Crippen LogP contribution in [0.1, 0.15) is 0 Å². The Hall–Kier alpha value is -0.821. The summed E-state index contributed by atoms with van der Waals surface area (Å²) >= 11 is 0. The summed E-state index contributed by atoms with van der Waals surface area (Å²) in [5, 5.41) is 0. The van der Waals surface area contributed by atoms with Gasteiger partial charge in [-0.2, -0.15) is 0 Å². The zero-order chi connectivity index (χ0) is 3.58. The molecule has 0 bridgehead atoms. The van der Waals surface area contributed by atoms with Crippen molar-refractivity contribution in [2.45, 2.75) is 0 Å².